The molecular weight excluding hydrogens is 453 g/mol. The second-order valence-corrected chi connectivity index (χ2v) is 8.41. The first-order chi connectivity index (χ1) is 12.0. The molecule has 1 aliphatic carbocycles. The number of aromatic nitrogens is 1. The highest BCUT2D eigenvalue weighted by molar-refractivity contribution is 14.1. The standard InChI is InChI=1S/C17H18IN3O3S/c1-2-3-10-4-7-14-15(8-10)25-17(19-14)20-16(22)12-9-11(21(23)24)5-6-13(12)18/h5-6,9-10H,2-4,7-8H2,1H3,(H,19,20,22). The average molecular weight is 471 g/mol. The van der Waals surface area contributed by atoms with Crippen molar-refractivity contribution in [2.75, 3.05) is 5.32 Å². The number of anilines is 1. The lowest BCUT2D eigenvalue weighted by Gasteiger charge is -2.19. The van der Waals surface area contributed by atoms with Crippen molar-refractivity contribution in [3.63, 3.8) is 0 Å². The molecule has 0 spiro atoms. The van der Waals surface area contributed by atoms with Gasteiger partial charge in [0.15, 0.2) is 5.13 Å². The number of nitro benzene ring substituents is 1. The second-order valence-electron chi connectivity index (χ2n) is 6.16. The number of aryl methyl sites for hydroxylation is 1. The van der Waals surface area contributed by atoms with E-state index < -0.39 is 4.92 Å². The number of thiazole rings is 1. The molecule has 1 atom stereocenters. The van der Waals surface area contributed by atoms with Gasteiger partial charge in [-0.15, -0.1) is 11.3 Å². The summed E-state index contributed by atoms with van der Waals surface area (Å²) in [6.45, 7) is 2.20. The molecule has 8 heteroatoms. The summed E-state index contributed by atoms with van der Waals surface area (Å²) in [4.78, 5) is 28.7. The molecule has 1 unspecified atom stereocenters. The van der Waals surface area contributed by atoms with Gasteiger partial charge in [-0.3, -0.25) is 20.2 Å². The number of carbonyl (C=O) groups excluding carboxylic acids is 1. The Balaban J connectivity index is 1.76. The molecule has 1 aromatic heterocycles. The average Bonchev–Trinajstić information content (AvgIpc) is 2.96. The summed E-state index contributed by atoms with van der Waals surface area (Å²) in [5, 5.41) is 14.3. The van der Waals surface area contributed by atoms with E-state index in [1.807, 2.05) is 22.6 Å². The lowest BCUT2D eigenvalue weighted by atomic mass is 9.88. The van der Waals surface area contributed by atoms with Gasteiger partial charge in [-0.1, -0.05) is 19.8 Å². The fraction of sp³-hybridized carbons (Fsp3) is 0.412. The highest BCUT2D eigenvalue weighted by Gasteiger charge is 2.23. The molecule has 1 N–H and O–H groups in total. The zero-order valence-corrected chi connectivity index (χ0v) is 16.7. The number of hydrogen-bond acceptors (Lipinski definition) is 5. The van der Waals surface area contributed by atoms with E-state index in [4.69, 9.17) is 0 Å². The van der Waals surface area contributed by atoms with Crippen LogP contribution in [-0.4, -0.2) is 15.8 Å². The third-order valence-electron chi connectivity index (χ3n) is 4.36. The van der Waals surface area contributed by atoms with E-state index in [0.717, 1.165) is 25.0 Å². The van der Waals surface area contributed by atoms with Crippen molar-refractivity contribution in [3.05, 3.63) is 48.0 Å². The normalized spacial score (nSPS) is 16.3. The Kier molecular flexibility index (Phi) is 5.67. The van der Waals surface area contributed by atoms with Crippen LogP contribution in [0.3, 0.4) is 0 Å². The first kappa shape index (κ1) is 18.2. The van der Waals surface area contributed by atoms with E-state index in [9.17, 15) is 14.9 Å². The number of nitrogens with zero attached hydrogens (tertiary/aromatic N) is 2. The minimum atomic E-state index is -0.497. The van der Waals surface area contributed by atoms with Crippen molar-refractivity contribution in [1.82, 2.24) is 4.98 Å². The van der Waals surface area contributed by atoms with E-state index in [1.165, 1.54) is 41.2 Å². The van der Waals surface area contributed by atoms with Crippen molar-refractivity contribution in [2.24, 2.45) is 5.92 Å². The maximum Gasteiger partial charge on any atom is 0.270 e. The van der Waals surface area contributed by atoms with Crippen LogP contribution >= 0.6 is 33.9 Å². The number of rotatable bonds is 5. The van der Waals surface area contributed by atoms with Gasteiger partial charge in [0.1, 0.15) is 0 Å². The number of nitro groups is 1. The van der Waals surface area contributed by atoms with E-state index in [1.54, 1.807) is 6.07 Å². The molecule has 1 aromatic carbocycles. The quantitative estimate of drug-likeness (QED) is 0.385. The maximum atomic E-state index is 12.5. The van der Waals surface area contributed by atoms with Crippen LogP contribution in [0.15, 0.2) is 18.2 Å². The number of halogens is 1. The fourth-order valence-electron chi connectivity index (χ4n) is 3.12. The monoisotopic (exact) mass is 471 g/mol. The third kappa shape index (κ3) is 4.17. The van der Waals surface area contributed by atoms with Crippen LogP contribution in [0.5, 0.6) is 0 Å². The molecule has 0 saturated carbocycles. The van der Waals surface area contributed by atoms with Crippen molar-refractivity contribution in [1.29, 1.82) is 0 Å². The van der Waals surface area contributed by atoms with Gasteiger partial charge in [-0.05, 0) is 53.8 Å². The van der Waals surface area contributed by atoms with Crippen LogP contribution in [-0.2, 0) is 12.8 Å². The topological polar surface area (TPSA) is 85.1 Å². The Morgan fingerprint density at radius 3 is 3.04 bits per heavy atom. The van der Waals surface area contributed by atoms with Crippen molar-refractivity contribution in [3.8, 4) is 0 Å². The van der Waals surface area contributed by atoms with E-state index in [-0.39, 0.29) is 11.6 Å². The number of carbonyl (C=O) groups is 1. The second kappa shape index (κ2) is 7.77. The van der Waals surface area contributed by atoms with Gasteiger partial charge in [-0.25, -0.2) is 4.98 Å². The minimum absolute atomic E-state index is 0.0913. The Morgan fingerprint density at radius 1 is 1.52 bits per heavy atom. The largest absolute Gasteiger partial charge is 0.298 e. The lowest BCUT2D eigenvalue weighted by molar-refractivity contribution is -0.384. The molecule has 1 heterocycles. The summed E-state index contributed by atoms with van der Waals surface area (Å²) in [5.41, 5.74) is 1.29. The van der Waals surface area contributed by atoms with Crippen molar-refractivity contribution < 1.29 is 9.72 Å². The van der Waals surface area contributed by atoms with Gasteiger partial charge in [0.05, 0.1) is 16.2 Å². The number of benzene rings is 1. The fourth-order valence-corrected chi connectivity index (χ4v) is 4.81. The highest BCUT2D eigenvalue weighted by atomic mass is 127. The Labute approximate surface area is 163 Å². The molecule has 2 aromatic rings. The molecule has 0 saturated heterocycles. The van der Waals surface area contributed by atoms with Crippen LogP contribution < -0.4 is 5.32 Å². The van der Waals surface area contributed by atoms with Crippen LogP contribution in [0.1, 0.15) is 47.1 Å². The van der Waals surface area contributed by atoms with Crippen LogP contribution in [0.4, 0.5) is 10.8 Å². The molecule has 6 nitrogen and oxygen atoms in total. The predicted octanol–water partition coefficient (Wildman–Crippen LogP) is 4.81. The number of amides is 1. The van der Waals surface area contributed by atoms with E-state index in [2.05, 4.69) is 17.2 Å². The predicted molar refractivity (Wildman–Crippen MR) is 106 cm³/mol. The van der Waals surface area contributed by atoms with E-state index in [0.29, 0.717) is 20.2 Å². The Bertz CT molecular complexity index is 821. The molecular formula is C17H18IN3O3S. The van der Waals surface area contributed by atoms with Gasteiger partial charge in [-0.2, -0.15) is 0 Å². The minimum Gasteiger partial charge on any atom is -0.298 e. The Hall–Kier alpha value is -1.55. The lowest BCUT2D eigenvalue weighted by Crippen LogP contribution is -2.14. The van der Waals surface area contributed by atoms with Crippen molar-refractivity contribution >= 4 is 50.7 Å². The van der Waals surface area contributed by atoms with Gasteiger partial charge < -0.3 is 0 Å². The zero-order valence-electron chi connectivity index (χ0n) is 13.8. The first-order valence-electron chi connectivity index (χ1n) is 8.21. The highest BCUT2D eigenvalue weighted by Crippen LogP contribution is 2.34. The molecule has 0 radical (unpaired) electrons. The summed E-state index contributed by atoms with van der Waals surface area (Å²) in [6, 6.07) is 4.28. The Morgan fingerprint density at radius 2 is 2.32 bits per heavy atom. The molecule has 0 bridgehead atoms. The summed E-state index contributed by atoms with van der Waals surface area (Å²) in [5.74, 6) is 0.350. The smallest absolute Gasteiger partial charge is 0.270 e. The molecule has 1 amide bonds. The number of non-ortho nitro benzene ring substituents is 1. The number of hydrogen-bond donors (Lipinski definition) is 1. The maximum absolute atomic E-state index is 12.5. The van der Waals surface area contributed by atoms with Crippen LogP contribution in [0.25, 0.3) is 0 Å². The van der Waals surface area contributed by atoms with Gasteiger partial charge in [0.2, 0.25) is 0 Å². The molecule has 0 fully saturated rings. The zero-order chi connectivity index (χ0) is 18.0. The third-order valence-corrected chi connectivity index (χ3v) is 6.34. The summed E-state index contributed by atoms with van der Waals surface area (Å²) < 4.78 is 0.671. The van der Waals surface area contributed by atoms with Gasteiger partial charge in [0.25, 0.3) is 11.6 Å². The number of nitrogens with one attached hydrogen (secondary N) is 1. The summed E-state index contributed by atoms with van der Waals surface area (Å²) in [7, 11) is 0. The molecule has 132 valence electrons. The molecule has 25 heavy (non-hydrogen) atoms. The van der Waals surface area contributed by atoms with Crippen molar-refractivity contribution in [2.45, 2.75) is 39.0 Å². The summed E-state index contributed by atoms with van der Waals surface area (Å²) in [6.07, 6.45) is 5.56. The molecule has 1 aliphatic rings. The van der Waals surface area contributed by atoms with Crippen LogP contribution in [0.2, 0.25) is 0 Å². The first-order valence-corrected chi connectivity index (χ1v) is 10.1. The summed E-state index contributed by atoms with van der Waals surface area (Å²) >= 11 is 3.53. The van der Waals surface area contributed by atoms with E-state index >= 15 is 0 Å². The number of fused-ring (bicyclic) bond motifs is 1. The van der Waals surface area contributed by atoms with Gasteiger partial charge in [0, 0.05) is 20.6 Å². The molecule has 0 aliphatic heterocycles. The van der Waals surface area contributed by atoms with Gasteiger partial charge >= 0.3 is 0 Å². The van der Waals surface area contributed by atoms with Crippen LogP contribution in [0, 0.1) is 19.6 Å². The molecule has 3 rings (SSSR count). The SMILES string of the molecule is CCCC1CCc2nc(NC(=O)c3cc([N+](=O)[O-])ccc3I)sc2C1.